The van der Waals surface area contributed by atoms with Crippen molar-refractivity contribution in [3.63, 3.8) is 0 Å². The Bertz CT molecular complexity index is 1390. The number of nitrogens with zero attached hydrogens (tertiary/aromatic N) is 2. The normalized spacial score (nSPS) is 11.0. The van der Waals surface area contributed by atoms with Gasteiger partial charge in [0.15, 0.2) is 5.16 Å². The van der Waals surface area contributed by atoms with Crippen molar-refractivity contribution >= 4 is 34.6 Å². The smallest absolute Gasteiger partial charge is 0.341 e. The molecule has 170 valence electrons. The highest BCUT2D eigenvalue weighted by Crippen LogP contribution is 2.26. The minimum Gasteiger partial charge on any atom is -0.467 e. The lowest BCUT2D eigenvalue weighted by molar-refractivity contribution is 0.0590. The van der Waals surface area contributed by atoms with Crippen molar-refractivity contribution in [2.24, 2.45) is 0 Å². The van der Waals surface area contributed by atoms with Crippen LogP contribution in [0, 0.1) is 6.92 Å². The third kappa shape index (κ3) is 4.56. The molecule has 3 heterocycles. The fraction of sp³-hybridized carbons (Fsp3) is 0.217. The number of benzene rings is 1. The van der Waals surface area contributed by atoms with Gasteiger partial charge in [0.2, 0.25) is 0 Å². The molecule has 0 radical (unpaired) electrons. The zero-order chi connectivity index (χ0) is 23.5. The monoisotopic (exact) mass is 468 g/mol. The molecule has 1 aromatic carbocycles. The van der Waals surface area contributed by atoms with E-state index in [2.05, 4.69) is 4.98 Å². The van der Waals surface area contributed by atoms with Crippen LogP contribution in [0.15, 0.2) is 61.4 Å². The first-order chi connectivity index (χ1) is 15.9. The highest BCUT2D eigenvalue weighted by molar-refractivity contribution is 7.98. The number of ether oxygens (including phenoxy) is 2. The summed E-state index contributed by atoms with van der Waals surface area (Å²) in [5.41, 5.74) is 0.726. The minimum atomic E-state index is -0.519. The molecule has 33 heavy (non-hydrogen) atoms. The summed E-state index contributed by atoms with van der Waals surface area (Å²) in [4.78, 5) is 41.7. The quantitative estimate of drug-likeness (QED) is 0.227. The average molecular weight is 468 g/mol. The summed E-state index contributed by atoms with van der Waals surface area (Å²) in [5.74, 6) is 0.869. The van der Waals surface area contributed by atoms with Gasteiger partial charge in [-0.3, -0.25) is 9.36 Å². The first-order valence-electron chi connectivity index (χ1n) is 9.87. The van der Waals surface area contributed by atoms with Crippen molar-refractivity contribution in [1.82, 2.24) is 9.55 Å². The molecule has 0 saturated heterocycles. The van der Waals surface area contributed by atoms with Gasteiger partial charge in [-0.15, -0.1) is 0 Å². The molecule has 0 N–H and O–H groups in total. The Kier molecular flexibility index (Phi) is 6.36. The maximum absolute atomic E-state index is 13.3. The van der Waals surface area contributed by atoms with E-state index in [1.165, 1.54) is 48.9 Å². The molecule has 0 amide bonds. The Morgan fingerprint density at radius 2 is 1.88 bits per heavy atom. The molecule has 0 spiro atoms. The first-order valence-corrected chi connectivity index (χ1v) is 10.9. The number of furan rings is 2. The number of hydrogen-bond acceptors (Lipinski definition) is 9. The van der Waals surface area contributed by atoms with Crippen LogP contribution >= 0.6 is 11.8 Å². The number of aryl methyl sites for hydroxylation is 1. The Balaban J connectivity index is 1.74. The third-order valence-electron chi connectivity index (χ3n) is 4.95. The Hall–Kier alpha value is -3.79. The van der Waals surface area contributed by atoms with Crippen molar-refractivity contribution < 1.29 is 27.9 Å². The van der Waals surface area contributed by atoms with Crippen molar-refractivity contribution in [1.29, 1.82) is 0 Å². The van der Waals surface area contributed by atoms with Crippen LogP contribution in [0.2, 0.25) is 0 Å². The van der Waals surface area contributed by atoms with Crippen LogP contribution in [-0.4, -0.2) is 35.7 Å². The van der Waals surface area contributed by atoms with Crippen LogP contribution in [0.5, 0.6) is 0 Å². The van der Waals surface area contributed by atoms with Gasteiger partial charge in [0.25, 0.3) is 5.56 Å². The molecule has 4 rings (SSSR count). The molecule has 9 nitrogen and oxygen atoms in total. The van der Waals surface area contributed by atoms with Gasteiger partial charge >= 0.3 is 11.9 Å². The Labute approximate surface area is 192 Å². The molecule has 0 fully saturated rings. The second-order valence-electron chi connectivity index (χ2n) is 7.05. The van der Waals surface area contributed by atoms with Crippen molar-refractivity contribution in [2.45, 2.75) is 24.4 Å². The number of carbonyl (C=O) groups excluding carboxylic acids is 2. The zero-order valence-electron chi connectivity index (χ0n) is 18.1. The van der Waals surface area contributed by atoms with E-state index in [1.54, 1.807) is 31.2 Å². The van der Waals surface area contributed by atoms with E-state index in [4.69, 9.17) is 18.3 Å². The first kappa shape index (κ1) is 22.4. The summed E-state index contributed by atoms with van der Waals surface area (Å²) >= 11 is 1.26. The maximum atomic E-state index is 13.3. The summed E-state index contributed by atoms with van der Waals surface area (Å²) in [6.07, 6.45) is 1.53. The van der Waals surface area contributed by atoms with Crippen molar-refractivity contribution in [3.05, 3.63) is 81.4 Å². The minimum absolute atomic E-state index is 0.181. The van der Waals surface area contributed by atoms with Gasteiger partial charge in [0.1, 0.15) is 22.8 Å². The summed E-state index contributed by atoms with van der Waals surface area (Å²) in [6, 6.07) is 9.73. The standard InChI is InChI=1S/C23H20N2O7S/c1-13-18(22(28)30-3)10-16(32-13)12-33-23-24-19-9-14(21(27)29-2)6-7-17(19)20(26)25(23)11-15-5-4-8-31-15/h4-10H,11-12H2,1-3H3. The van der Waals surface area contributed by atoms with Crippen LogP contribution < -0.4 is 5.56 Å². The molecule has 0 unspecified atom stereocenters. The summed E-state index contributed by atoms with van der Waals surface area (Å²) < 4.78 is 22.1. The molecule has 0 aliphatic carbocycles. The van der Waals surface area contributed by atoms with E-state index < -0.39 is 11.9 Å². The number of carbonyl (C=O) groups is 2. The topological polar surface area (TPSA) is 114 Å². The van der Waals surface area contributed by atoms with E-state index in [0.717, 1.165) is 0 Å². The molecule has 0 saturated carbocycles. The van der Waals surface area contributed by atoms with Crippen LogP contribution in [0.3, 0.4) is 0 Å². The van der Waals surface area contributed by atoms with Gasteiger partial charge in [-0.1, -0.05) is 11.8 Å². The van der Waals surface area contributed by atoms with Crippen LogP contribution in [0.25, 0.3) is 10.9 Å². The lowest BCUT2D eigenvalue weighted by atomic mass is 10.1. The number of aromatic nitrogens is 2. The Morgan fingerprint density at radius 3 is 2.58 bits per heavy atom. The van der Waals surface area contributed by atoms with E-state index in [-0.39, 0.29) is 12.1 Å². The lowest BCUT2D eigenvalue weighted by Crippen LogP contribution is -2.24. The second-order valence-corrected chi connectivity index (χ2v) is 7.99. The van der Waals surface area contributed by atoms with Gasteiger partial charge < -0.3 is 18.3 Å². The number of rotatable bonds is 7. The average Bonchev–Trinajstić information content (AvgIpc) is 3.47. The molecular weight excluding hydrogens is 448 g/mol. The van der Waals surface area contributed by atoms with E-state index in [9.17, 15) is 14.4 Å². The van der Waals surface area contributed by atoms with Gasteiger partial charge in [0.05, 0.1) is 49.2 Å². The largest absolute Gasteiger partial charge is 0.467 e. The molecule has 4 aromatic rings. The molecule has 0 aliphatic rings. The van der Waals surface area contributed by atoms with E-state index >= 15 is 0 Å². The summed E-state index contributed by atoms with van der Waals surface area (Å²) in [6.45, 7) is 1.86. The van der Waals surface area contributed by atoms with Gasteiger partial charge in [-0.25, -0.2) is 14.6 Å². The number of hydrogen-bond donors (Lipinski definition) is 0. The van der Waals surface area contributed by atoms with E-state index in [0.29, 0.717) is 50.2 Å². The number of fused-ring (bicyclic) bond motifs is 1. The van der Waals surface area contributed by atoms with Gasteiger partial charge in [0, 0.05) is 0 Å². The van der Waals surface area contributed by atoms with Crippen LogP contribution in [0.4, 0.5) is 0 Å². The van der Waals surface area contributed by atoms with Gasteiger partial charge in [-0.05, 0) is 43.3 Å². The highest BCUT2D eigenvalue weighted by Gasteiger charge is 2.18. The maximum Gasteiger partial charge on any atom is 0.341 e. The number of thioether (sulfide) groups is 1. The number of esters is 2. The molecule has 0 atom stereocenters. The van der Waals surface area contributed by atoms with Crippen LogP contribution in [-0.2, 0) is 21.8 Å². The lowest BCUT2D eigenvalue weighted by Gasteiger charge is -2.12. The number of methoxy groups -OCH3 is 2. The SMILES string of the molecule is COC(=O)c1ccc2c(=O)n(Cc3ccco3)c(SCc3cc(C(=O)OC)c(C)o3)nc2c1. The van der Waals surface area contributed by atoms with E-state index in [1.807, 2.05) is 0 Å². The van der Waals surface area contributed by atoms with Crippen LogP contribution in [0.1, 0.15) is 38.0 Å². The zero-order valence-corrected chi connectivity index (χ0v) is 18.9. The molecular formula is C23H20N2O7S. The van der Waals surface area contributed by atoms with Crippen molar-refractivity contribution in [3.8, 4) is 0 Å². The van der Waals surface area contributed by atoms with Gasteiger partial charge in [-0.2, -0.15) is 0 Å². The predicted octanol–water partition coefficient (Wildman–Crippen LogP) is 3.80. The third-order valence-corrected chi connectivity index (χ3v) is 5.95. The second kappa shape index (κ2) is 9.37. The predicted molar refractivity (Wildman–Crippen MR) is 119 cm³/mol. The summed E-state index contributed by atoms with van der Waals surface area (Å²) in [5, 5.41) is 0.764. The summed E-state index contributed by atoms with van der Waals surface area (Å²) in [7, 11) is 2.59. The molecule has 0 aliphatic heterocycles. The molecule has 3 aromatic heterocycles. The van der Waals surface area contributed by atoms with Crippen molar-refractivity contribution in [2.75, 3.05) is 14.2 Å². The highest BCUT2D eigenvalue weighted by atomic mass is 32.2. The molecule has 0 bridgehead atoms. The fourth-order valence-corrected chi connectivity index (χ4v) is 4.20. The Morgan fingerprint density at radius 1 is 1.09 bits per heavy atom. The fourth-order valence-electron chi connectivity index (χ4n) is 3.32. The molecule has 10 heteroatoms.